The van der Waals surface area contributed by atoms with Crippen molar-refractivity contribution in [3.63, 3.8) is 0 Å². The fraction of sp³-hybridized carbons (Fsp3) is 0.727. The van der Waals surface area contributed by atoms with Crippen LogP contribution < -0.4 is 5.73 Å². The molecule has 0 aromatic carbocycles. The SMILES string of the molecule is C[C@H](N)c1cnn(CCOC(C)(C)C)c1. The molecule has 86 valence electrons. The Balaban J connectivity index is 2.38. The van der Waals surface area contributed by atoms with Gasteiger partial charge < -0.3 is 10.5 Å². The molecule has 0 aliphatic carbocycles. The monoisotopic (exact) mass is 211 g/mol. The van der Waals surface area contributed by atoms with Gasteiger partial charge >= 0.3 is 0 Å². The summed E-state index contributed by atoms with van der Waals surface area (Å²) in [5, 5.41) is 4.21. The second kappa shape index (κ2) is 4.77. The first-order valence-electron chi connectivity index (χ1n) is 5.30. The third-order valence-electron chi connectivity index (χ3n) is 2.03. The normalized spacial score (nSPS) is 14.2. The van der Waals surface area contributed by atoms with Crippen LogP contribution in [0.25, 0.3) is 0 Å². The lowest BCUT2D eigenvalue weighted by molar-refractivity contribution is -0.00790. The van der Waals surface area contributed by atoms with Crippen LogP contribution in [0, 0.1) is 0 Å². The van der Waals surface area contributed by atoms with Crippen LogP contribution in [0.5, 0.6) is 0 Å². The van der Waals surface area contributed by atoms with Crippen molar-refractivity contribution < 1.29 is 4.74 Å². The Hall–Kier alpha value is -0.870. The minimum atomic E-state index is -0.0862. The van der Waals surface area contributed by atoms with Crippen LogP contribution in [0.1, 0.15) is 39.3 Å². The Morgan fingerprint density at radius 2 is 2.20 bits per heavy atom. The molecule has 2 N–H and O–H groups in total. The van der Waals surface area contributed by atoms with Crippen LogP contribution in [0.15, 0.2) is 12.4 Å². The Morgan fingerprint density at radius 3 is 2.67 bits per heavy atom. The molecule has 0 fully saturated rings. The number of ether oxygens (including phenoxy) is 1. The number of hydrogen-bond donors (Lipinski definition) is 1. The van der Waals surface area contributed by atoms with E-state index in [1.54, 1.807) is 0 Å². The van der Waals surface area contributed by atoms with E-state index in [4.69, 9.17) is 10.5 Å². The summed E-state index contributed by atoms with van der Waals surface area (Å²) >= 11 is 0. The summed E-state index contributed by atoms with van der Waals surface area (Å²) in [6, 6.07) is 0.0438. The van der Waals surface area contributed by atoms with Crippen molar-refractivity contribution in [3.8, 4) is 0 Å². The molecule has 0 amide bonds. The maximum Gasteiger partial charge on any atom is 0.0669 e. The van der Waals surface area contributed by atoms with Gasteiger partial charge in [-0.3, -0.25) is 4.68 Å². The Kier molecular flexibility index (Phi) is 3.88. The standard InChI is InChI=1S/C11H21N3O/c1-9(12)10-7-13-14(8-10)5-6-15-11(2,3)4/h7-9H,5-6,12H2,1-4H3/t9-/m0/s1. The summed E-state index contributed by atoms with van der Waals surface area (Å²) < 4.78 is 7.48. The van der Waals surface area contributed by atoms with Gasteiger partial charge in [-0.2, -0.15) is 5.10 Å². The van der Waals surface area contributed by atoms with E-state index < -0.39 is 0 Å². The molecule has 0 saturated heterocycles. The molecule has 4 heteroatoms. The van der Waals surface area contributed by atoms with Crippen molar-refractivity contribution in [1.29, 1.82) is 0 Å². The van der Waals surface area contributed by atoms with E-state index in [-0.39, 0.29) is 11.6 Å². The highest BCUT2D eigenvalue weighted by atomic mass is 16.5. The molecule has 1 aromatic rings. The van der Waals surface area contributed by atoms with E-state index >= 15 is 0 Å². The first-order valence-corrected chi connectivity index (χ1v) is 5.30. The highest BCUT2D eigenvalue weighted by Gasteiger charge is 2.09. The van der Waals surface area contributed by atoms with Crippen LogP contribution in [-0.4, -0.2) is 22.0 Å². The van der Waals surface area contributed by atoms with Gasteiger partial charge in [-0.1, -0.05) is 0 Å². The Morgan fingerprint density at radius 1 is 1.53 bits per heavy atom. The maximum absolute atomic E-state index is 5.74. The average Bonchev–Trinajstić information content (AvgIpc) is 2.50. The largest absolute Gasteiger partial charge is 0.374 e. The van der Waals surface area contributed by atoms with Gasteiger partial charge in [-0.25, -0.2) is 0 Å². The second-order valence-corrected chi connectivity index (χ2v) is 4.79. The van der Waals surface area contributed by atoms with Crippen LogP contribution in [0.4, 0.5) is 0 Å². The molecular formula is C11H21N3O. The molecule has 0 unspecified atom stereocenters. The van der Waals surface area contributed by atoms with Gasteiger partial charge in [0.2, 0.25) is 0 Å². The summed E-state index contributed by atoms with van der Waals surface area (Å²) in [4.78, 5) is 0. The lowest BCUT2D eigenvalue weighted by atomic mass is 10.2. The quantitative estimate of drug-likeness (QED) is 0.825. The predicted molar refractivity (Wildman–Crippen MR) is 60.5 cm³/mol. The average molecular weight is 211 g/mol. The lowest BCUT2D eigenvalue weighted by Gasteiger charge is -2.19. The van der Waals surface area contributed by atoms with Gasteiger partial charge in [0.25, 0.3) is 0 Å². The first kappa shape index (κ1) is 12.2. The van der Waals surface area contributed by atoms with E-state index in [1.807, 2.05) is 44.8 Å². The van der Waals surface area contributed by atoms with Crippen LogP contribution in [-0.2, 0) is 11.3 Å². The van der Waals surface area contributed by atoms with Crippen LogP contribution in [0.3, 0.4) is 0 Å². The summed E-state index contributed by atoms with van der Waals surface area (Å²) in [6.07, 6.45) is 3.78. The third-order valence-corrected chi connectivity index (χ3v) is 2.03. The topological polar surface area (TPSA) is 53.1 Å². The van der Waals surface area contributed by atoms with E-state index in [2.05, 4.69) is 5.10 Å². The first-order chi connectivity index (χ1) is 6.88. The summed E-state index contributed by atoms with van der Waals surface area (Å²) in [6.45, 7) is 9.52. The van der Waals surface area contributed by atoms with Crippen LogP contribution >= 0.6 is 0 Å². The van der Waals surface area contributed by atoms with Crippen molar-refractivity contribution in [2.45, 2.75) is 45.9 Å². The zero-order valence-electron chi connectivity index (χ0n) is 10.0. The number of hydrogen-bond acceptors (Lipinski definition) is 3. The molecule has 1 rings (SSSR count). The van der Waals surface area contributed by atoms with Gasteiger partial charge in [0.15, 0.2) is 0 Å². The highest BCUT2D eigenvalue weighted by molar-refractivity contribution is 5.07. The van der Waals surface area contributed by atoms with E-state index in [0.29, 0.717) is 6.61 Å². The summed E-state index contributed by atoms with van der Waals surface area (Å²) in [5.41, 5.74) is 6.72. The molecule has 1 aromatic heterocycles. The molecule has 0 radical (unpaired) electrons. The van der Waals surface area contributed by atoms with Gasteiger partial charge in [-0.05, 0) is 27.7 Å². The number of rotatable bonds is 4. The molecule has 0 bridgehead atoms. The molecule has 0 spiro atoms. The molecule has 0 aliphatic heterocycles. The van der Waals surface area contributed by atoms with Crippen molar-refractivity contribution in [1.82, 2.24) is 9.78 Å². The molecule has 1 atom stereocenters. The van der Waals surface area contributed by atoms with Gasteiger partial charge in [0.1, 0.15) is 0 Å². The van der Waals surface area contributed by atoms with Crippen molar-refractivity contribution in [2.75, 3.05) is 6.61 Å². The van der Waals surface area contributed by atoms with Gasteiger partial charge in [0, 0.05) is 17.8 Å². The fourth-order valence-electron chi connectivity index (χ4n) is 1.18. The minimum Gasteiger partial charge on any atom is -0.374 e. The van der Waals surface area contributed by atoms with E-state index in [9.17, 15) is 0 Å². The number of nitrogens with two attached hydrogens (primary N) is 1. The van der Waals surface area contributed by atoms with Crippen molar-refractivity contribution in [3.05, 3.63) is 18.0 Å². The Bertz CT molecular complexity index is 299. The molecule has 0 saturated carbocycles. The second-order valence-electron chi connectivity index (χ2n) is 4.79. The third kappa shape index (κ3) is 4.44. The van der Waals surface area contributed by atoms with Crippen molar-refractivity contribution >= 4 is 0 Å². The summed E-state index contributed by atoms with van der Waals surface area (Å²) in [7, 11) is 0. The van der Waals surface area contributed by atoms with E-state index in [0.717, 1.165) is 12.1 Å². The number of aromatic nitrogens is 2. The fourth-order valence-corrected chi connectivity index (χ4v) is 1.18. The van der Waals surface area contributed by atoms with Crippen LogP contribution in [0.2, 0.25) is 0 Å². The van der Waals surface area contributed by atoms with Gasteiger partial charge in [0.05, 0.1) is 24.9 Å². The zero-order chi connectivity index (χ0) is 11.5. The minimum absolute atomic E-state index is 0.0438. The maximum atomic E-state index is 5.74. The number of nitrogens with zero attached hydrogens (tertiary/aromatic N) is 2. The molecule has 0 aliphatic rings. The predicted octanol–water partition coefficient (Wildman–Crippen LogP) is 1.72. The van der Waals surface area contributed by atoms with E-state index in [1.165, 1.54) is 0 Å². The molecule has 15 heavy (non-hydrogen) atoms. The highest BCUT2D eigenvalue weighted by Crippen LogP contribution is 2.09. The smallest absolute Gasteiger partial charge is 0.0669 e. The molecule has 4 nitrogen and oxygen atoms in total. The Labute approximate surface area is 91.4 Å². The lowest BCUT2D eigenvalue weighted by Crippen LogP contribution is -2.22. The van der Waals surface area contributed by atoms with Gasteiger partial charge in [-0.15, -0.1) is 0 Å². The molecular weight excluding hydrogens is 190 g/mol. The zero-order valence-corrected chi connectivity index (χ0v) is 10.0. The van der Waals surface area contributed by atoms with Crippen molar-refractivity contribution in [2.24, 2.45) is 5.73 Å². The molecule has 1 heterocycles. The summed E-state index contributed by atoms with van der Waals surface area (Å²) in [5.74, 6) is 0.